The molecular formula is C31H44N2O9S. The molecule has 0 radical (unpaired) electrons. The number of carboxylic acids is 3. The molecular weight excluding hydrogens is 576 g/mol. The Kier molecular flexibility index (Phi) is 14.6. The highest BCUT2D eigenvalue weighted by Gasteiger charge is 2.33. The first kappa shape index (κ1) is 35.7. The van der Waals surface area contributed by atoms with E-state index in [0.29, 0.717) is 61.5 Å². The Morgan fingerprint density at radius 3 is 2.12 bits per heavy atom. The molecule has 1 aliphatic carbocycles. The zero-order valence-electron chi connectivity index (χ0n) is 24.9. The number of benzene rings is 1. The number of nitrogens with one attached hydrogen (secondary N) is 1. The van der Waals surface area contributed by atoms with E-state index >= 15 is 0 Å². The first-order valence-corrected chi connectivity index (χ1v) is 16.3. The maximum atomic E-state index is 13.1. The Morgan fingerprint density at radius 2 is 1.58 bits per heavy atom. The molecule has 2 rings (SSSR count). The summed E-state index contributed by atoms with van der Waals surface area (Å²) < 4.78 is 27.8. The van der Waals surface area contributed by atoms with Crippen molar-refractivity contribution < 1.29 is 42.9 Å². The van der Waals surface area contributed by atoms with Gasteiger partial charge in [-0.25, -0.2) is 8.42 Å². The maximum Gasteiger partial charge on any atom is 0.322 e. The van der Waals surface area contributed by atoms with Crippen LogP contribution in [0.25, 0.3) is 6.08 Å². The van der Waals surface area contributed by atoms with Crippen LogP contribution in [0.15, 0.2) is 41.3 Å². The van der Waals surface area contributed by atoms with E-state index in [1.807, 2.05) is 0 Å². The molecule has 0 heterocycles. The van der Waals surface area contributed by atoms with Crippen molar-refractivity contribution in [2.24, 2.45) is 17.8 Å². The monoisotopic (exact) mass is 620 g/mol. The molecule has 0 saturated heterocycles. The molecule has 238 valence electrons. The van der Waals surface area contributed by atoms with E-state index in [-0.39, 0.29) is 25.2 Å². The summed E-state index contributed by atoms with van der Waals surface area (Å²) in [6, 6.07) is 6.68. The Balaban J connectivity index is 1.98. The van der Waals surface area contributed by atoms with Crippen LogP contribution in [-0.4, -0.2) is 64.9 Å². The molecule has 0 saturated carbocycles. The van der Waals surface area contributed by atoms with Crippen molar-refractivity contribution in [1.29, 1.82) is 0 Å². The van der Waals surface area contributed by atoms with Crippen molar-refractivity contribution in [3.8, 4) is 0 Å². The highest BCUT2D eigenvalue weighted by molar-refractivity contribution is 7.92. The second-order valence-electron chi connectivity index (χ2n) is 11.3. The third kappa shape index (κ3) is 12.7. The lowest BCUT2D eigenvalue weighted by molar-refractivity contribution is -0.152. The smallest absolute Gasteiger partial charge is 0.322 e. The first-order chi connectivity index (χ1) is 20.3. The van der Waals surface area contributed by atoms with Crippen LogP contribution >= 0.6 is 0 Å². The number of rotatable bonds is 19. The molecule has 0 aliphatic heterocycles. The molecule has 11 nitrogen and oxygen atoms in total. The van der Waals surface area contributed by atoms with Gasteiger partial charge in [0.05, 0.1) is 0 Å². The van der Waals surface area contributed by atoms with Gasteiger partial charge in [0.15, 0.2) is 5.92 Å². The number of sulfonamides is 1. The highest BCUT2D eigenvalue weighted by atomic mass is 32.2. The van der Waals surface area contributed by atoms with E-state index in [9.17, 15) is 27.6 Å². The fourth-order valence-electron chi connectivity index (χ4n) is 4.90. The average Bonchev–Trinajstić information content (AvgIpc) is 2.93. The number of hydrogen-bond acceptors (Lipinski definition) is 6. The average molecular weight is 621 g/mol. The van der Waals surface area contributed by atoms with Crippen molar-refractivity contribution in [3.05, 3.63) is 46.9 Å². The molecule has 12 heteroatoms. The van der Waals surface area contributed by atoms with Crippen molar-refractivity contribution in [3.63, 3.8) is 0 Å². The summed E-state index contributed by atoms with van der Waals surface area (Å²) in [6.07, 6.45) is 8.26. The molecule has 0 fully saturated rings. The van der Waals surface area contributed by atoms with Crippen LogP contribution in [-0.2, 0) is 29.2 Å². The van der Waals surface area contributed by atoms with Gasteiger partial charge in [0, 0.05) is 36.5 Å². The van der Waals surface area contributed by atoms with Crippen LogP contribution < -0.4 is 5.32 Å². The zero-order valence-corrected chi connectivity index (χ0v) is 25.7. The predicted molar refractivity (Wildman–Crippen MR) is 164 cm³/mol. The Morgan fingerprint density at radius 1 is 0.953 bits per heavy atom. The second kappa shape index (κ2) is 17.6. The van der Waals surface area contributed by atoms with E-state index in [4.69, 9.17) is 15.3 Å². The molecule has 0 aromatic heterocycles. The standard InChI is InChI=1S/C31H44N2O9S/c1-22(2)8-5-7-20-33(19-6-3-4-9-27(34)35)43(41,42)21-18-23-10-16-26(17-11-23)32-29(36)25-14-12-24(13-15-25)28(30(37)38)31(39)40/h10-12,16-18,21-22,25,28H,3-9,13-15,19-20H2,1-2H3,(H,32,36)(H,34,35)(H,37,38)(H,39,40)/b21-18+. The largest absolute Gasteiger partial charge is 0.481 e. The molecule has 1 atom stereocenters. The lowest BCUT2D eigenvalue weighted by Crippen LogP contribution is -2.31. The number of anilines is 1. The van der Waals surface area contributed by atoms with Gasteiger partial charge >= 0.3 is 17.9 Å². The molecule has 1 unspecified atom stereocenters. The number of carboxylic acid groups (broad SMARTS) is 3. The topological polar surface area (TPSA) is 178 Å². The number of unbranched alkanes of at least 4 members (excludes halogenated alkanes) is 3. The number of carbonyl (C=O) groups excluding carboxylic acids is 1. The van der Waals surface area contributed by atoms with Crippen LogP contribution in [0.4, 0.5) is 5.69 Å². The molecule has 4 N–H and O–H groups in total. The Bertz CT molecular complexity index is 1260. The molecule has 43 heavy (non-hydrogen) atoms. The van der Waals surface area contributed by atoms with Gasteiger partial charge in [-0.3, -0.25) is 19.2 Å². The van der Waals surface area contributed by atoms with Crippen LogP contribution in [0.2, 0.25) is 0 Å². The van der Waals surface area contributed by atoms with Gasteiger partial charge in [-0.1, -0.05) is 51.3 Å². The van der Waals surface area contributed by atoms with Gasteiger partial charge in [-0.05, 0) is 73.8 Å². The summed E-state index contributed by atoms with van der Waals surface area (Å²) >= 11 is 0. The van der Waals surface area contributed by atoms with Crippen LogP contribution in [0.5, 0.6) is 0 Å². The third-order valence-corrected chi connectivity index (χ3v) is 8.95. The minimum atomic E-state index is -3.70. The lowest BCUT2D eigenvalue weighted by atomic mass is 9.83. The van der Waals surface area contributed by atoms with Gasteiger partial charge < -0.3 is 20.6 Å². The summed E-state index contributed by atoms with van der Waals surface area (Å²) in [5, 5.41) is 31.1. The highest BCUT2D eigenvalue weighted by Crippen LogP contribution is 2.30. The van der Waals surface area contributed by atoms with Gasteiger partial charge in [-0.15, -0.1) is 0 Å². The predicted octanol–water partition coefficient (Wildman–Crippen LogP) is 5.21. The van der Waals surface area contributed by atoms with Crippen molar-refractivity contribution in [2.45, 2.75) is 78.1 Å². The molecule has 1 amide bonds. The number of nitrogens with zero attached hydrogens (tertiary/aromatic N) is 1. The minimum Gasteiger partial charge on any atom is -0.481 e. The summed E-state index contributed by atoms with van der Waals surface area (Å²) in [5.74, 6) is -5.46. The summed E-state index contributed by atoms with van der Waals surface area (Å²) in [7, 11) is -3.70. The number of aliphatic carboxylic acids is 3. The van der Waals surface area contributed by atoms with Crippen LogP contribution in [0.3, 0.4) is 0 Å². The number of hydrogen-bond donors (Lipinski definition) is 4. The van der Waals surface area contributed by atoms with Gasteiger partial charge in [0.25, 0.3) is 0 Å². The fourth-order valence-corrected chi connectivity index (χ4v) is 6.17. The van der Waals surface area contributed by atoms with Crippen molar-refractivity contribution >= 4 is 45.6 Å². The van der Waals surface area contributed by atoms with Gasteiger partial charge in [0.1, 0.15) is 0 Å². The number of allylic oxidation sites excluding steroid dienone is 1. The number of carbonyl (C=O) groups is 4. The Hall–Kier alpha value is -3.51. The van der Waals surface area contributed by atoms with Crippen LogP contribution in [0.1, 0.15) is 83.6 Å². The second-order valence-corrected chi connectivity index (χ2v) is 13.1. The van der Waals surface area contributed by atoms with Crippen molar-refractivity contribution in [1.82, 2.24) is 4.31 Å². The minimum absolute atomic E-state index is 0.0656. The number of amides is 1. The van der Waals surface area contributed by atoms with E-state index in [0.717, 1.165) is 19.3 Å². The van der Waals surface area contributed by atoms with Crippen molar-refractivity contribution in [2.75, 3.05) is 18.4 Å². The van der Waals surface area contributed by atoms with E-state index in [1.165, 1.54) is 21.9 Å². The SMILES string of the molecule is CC(C)CCCCN(CCCCCC(=O)O)S(=O)(=O)/C=C/c1ccc(NC(=O)C2CC=C(C(C(=O)O)C(=O)O)CC2)cc1. The van der Waals surface area contributed by atoms with Gasteiger partial charge in [-0.2, -0.15) is 4.31 Å². The molecule has 0 bridgehead atoms. The normalized spacial score (nSPS) is 15.7. The molecule has 0 spiro atoms. The Labute approximate surface area is 253 Å². The fraction of sp³-hybridized carbons (Fsp3) is 0.548. The third-order valence-electron chi connectivity index (χ3n) is 7.39. The summed E-state index contributed by atoms with van der Waals surface area (Å²) in [6.45, 7) is 4.97. The summed E-state index contributed by atoms with van der Waals surface area (Å²) in [4.78, 5) is 46.0. The first-order valence-electron chi connectivity index (χ1n) is 14.8. The van der Waals surface area contributed by atoms with Gasteiger partial charge in [0.2, 0.25) is 15.9 Å². The molecule has 1 aromatic rings. The summed E-state index contributed by atoms with van der Waals surface area (Å²) in [5.41, 5.74) is 1.44. The van der Waals surface area contributed by atoms with Crippen LogP contribution in [0, 0.1) is 17.8 Å². The lowest BCUT2D eigenvalue weighted by Gasteiger charge is -2.23. The molecule has 1 aliphatic rings. The maximum absolute atomic E-state index is 13.1. The quantitative estimate of drug-likeness (QED) is 0.0918. The van der Waals surface area contributed by atoms with E-state index in [1.54, 1.807) is 24.3 Å². The zero-order chi connectivity index (χ0) is 32.0. The van der Waals surface area contributed by atoms with E-state index in [2.05, 4.69) is 19.2 Å². The van der Waals surface area contributed by atoms with E-state index < -0.39 is 39.8 Å². The molecule has 1 aromatic carbocycles.